The fourth-order valence-corrected chi connectivity index (χ4v) is 5.51. The molecule has 1 spiro atoms. The number of likely N-dealkylation sites (tertiary alicyclic amines) is 1. The van der Waals surface area contributed by atoms with Crippen LogP contribution in [0.3, 0.4) is 0 Å². The number of nitrogens with zero attached hydrogens (tertiary/aromatic N) is 4. The maximum atomic E-state index is 13.8. The molecule has 12 heteroatoms. The van der Waals surface area contributed by atoms with E-state index in [0.717, 1.165) is 49.5 Å². The molecule has 9 nitrogen and oxygen atoms in total. The number of ether oxygens (including phenoxy) is 1. The van der Waals surface area contributed by atoms with Crippen molar-refractivity contribution in [3.8, 4) is 0 Å². The summed E-state index contributed by atoms with van der Waals surface area (Å²) in [6.45, 7) is 13.2. The standard InChI is InChI=1S/C29H44F3N7O2/c1-6-22-15-23(39-19-28(20-39)17-37(4)18-28)9-10-25(22)35-21(3)36-27(24(16-33)29(30,31)32)34-11-8-12-38(13-14-41-5)26(40)7-2/h9-10,15-16,35H,3,6-8,11-14,17-20,33H2,1-2,4-5H3,(H,34,36)/b24-16+. The first-order valence-corrected chi connectivity index (χ1v) is 14.0. The smallest absolute Gasteiger partial charge is 0.404 e. The van der Waals surface area contributed by atoms with Gasteiger partial charge in [-0.2, -0.15) is 13.2 Å². The number of rotatable bonds is 14. The van der Waals surface area contributed by atoms with Crippen molar-refractivity contribution in [2.45, 2.75) is 39.3 Å². The van der Waals surface area contributed by atoms with Crippen LogP contribution in [0, 0.1) is 5.41 Å². The number of nitrogens with two attached hydrogens (primary N) is 1. The van der Waals surface area contributed by atoms with E-state index in [0.29, 0.717) is 44.2 Å². The van der Waals surface area contributed by atoms with Crippen molar-refractivity contribution in [2.75, 3.05) is 76.8 Å². The molecule has 2 aliphatic rings. The van der Waals surface area contributed by atoms with Gasteiger partial charge in [0.2, 0.25) is 5.91 Å². The number of aliphatic imine (C=N–C) groups is 1. The van der Waals surface area contributed by atoms with Gasteiger partial charge >= 0.3 is 6.18 Å². The molecular weight excluding hydrogens is 535 g/mol. The summed E-state index contributed by atoms with van der Waals surface area (Å²) < 4.78 is 46.4. The highest BCUT2D eigenvalue weighted by Crippen LogP contribution is 2.41. The molecule has 41 heavy (non-hydrogen) atoms. The molecule has 0 radical (unpaired) electrons. The van der Waals surface area contributed by atoms with Gasteiger partial charge < -0.3 is 35.8 Å². The Labute approximate surface area is 241 Å². The van der Waals surface area contributed by atoms with E-state index in [9.17, 15) is 18.0 Å². The van der Waals surface area contributed by atoms with Crippen molar-refractivity contribution in [1.29, 1.82) is 0 Å². The first kappa shape index (κ1) is 32.3. The lowest BCUT2D eigenvalue weighted by Gasteiger charge is -2.60. The molecule has 2 saturated heterocycles. The van der Waals surface area contributed by atoms with Gasteiger partial charge in [0.15, 0.2) is 0 Å². The molecule has 0 aromatic heterocycles. The predicted octanol–water partition coefficient (Wildman–Crippen LogP) is 3.55. The molecule has 0 saturated carbocycles. The molecule has 0 aliphatic carbocycles. The fourth-order valence-electron chi connectivity index (χ4n) is 5.51. The molecule has 1 aromatic rings. The van der Waals surface area contributed by atoms with E-state index in [4.69, 9.17) is 10.5 Å². The Morgan fingerprint density at radius 2 is 1.95 bits per heavy atom. The summed E-state index contributed by atoms with van der Waals surface area (Å²) in [5, 5.41) is 5.79. The number of hydrogen-bond donors (Lipinski definition) is 3. The first-order valence-electron chi connectivity index (χ1n) is 14.0. The van der Waals surface area contributed by atoms with E-state index in [1.807, 2.05) is 19.1 Å². The molecule has 4 N–H and O–H groups in total. The maximum Gasteiger partial charge on any atom is 0.421 e. The lowest BCUT2D eigenvalue weighted by molar-refractivity contribution is -0.131. The topological polar surface area (TPSA) is 98.5 Å². The summed E-state index contributed by atoms with van der Waals surface area (Å²) in [5.74, 6) is -0.353. The van der Waals surface area contributed by atoms with Crippen molar-refractivity contribution in [2.24, 2.45) is 16.1 Å². The van der Waals surface area contributed by atoms with Gasteiger partial charge in [-0.15, -0.1) is 0 Å². The zero-order valence-electron chi connectivity index (χ0n) is 24.6. The van der Waals surface area contributed by atoms with Crippen LogP contribution in [0.15, 0.2) is 47.4 Å². The summed E-state index contributed by atoms with van der Waals surface area (Å²) in [5.41, 5.74) is 7.61. The zero-order valence-corrected chi connectivity index (χ0v) is 24.6. The lowest BCUT2D eigenvalue weighted by atomic mass is 9.73. The SMILES string of the molecule is C=C(NC(=NCCCN(CCOC)C(=O)CC)/C(=C\N)C(F)(F)F)Nc1ccc(N2CC3(CN(C)C3)C2)cc1CC. The number of carbonyl (C=O) groups excluding carboxylic acids is 1. The number of benzene rings is 1. The van der Waals surface area contributed by atoms with Crippen molar-refractivity contribution >= 4 is 23.1 Å². The van der Waals surface area contributed by atoms with E-state index in [-0.39, 0.29) is 18.3 Å². The average Bonchev–Trinajstić information content (AvgIpc) is 2.88. The molecule has 3 rings (SSSR count). The number of alkyl halides is 3. The first-order chi connectivity index (χ1) is 19.4. The third kappa shape index (κ3) is 8.38. The van der Waals surface area contributed by atoms with Crippen LogP contribution in [0.1, 0.15) is 32.3 Å². The van der Waals surface area contributed by atoms with Crippen LogP contribution < -0.4 is 21.3 Å². The van der Waals surface area contributed by atoms with Crippen molar-refractivity contribution in [3.63, 3.8) is 0 Å². The number of carbonyl (C=O) groups is 1. The van der Waals surface area contributed by atoms with Crippen molar-refractivity contribution in [1.82, 2.24) is 15.1 Å². The molecule has 1 amide bonds. The second-order valence-corrected chi connectivity index (χ2v) is 10.8. The van der Waals surface area contributed by atoms with Crippen LogP contribution in [-0.4, -0.2) is 94.3 Å². The normalized spacial score (nSPS) is 17.2. The Hall–Kier alpha value is -3.25. The van der Waals surface area contributed by atoms with Crippen LogP contribution in [0.5, 0.6) is 0 Å². The highest BCUT2D eigenvalue weighted by molar-refractivity contribution is 6.00. The van der Waals surface area contributed by atoms with E-state index < -0.39 is 17.6 Å². The number of amides is 1. The molecule has 2 fully saturated rings. The quantitative estimate of drug-likeness (QED) is 0.176. The Balaban J connectivity index is 1.66. The van der Waals surface area contributed by atoms with E-state index in [1.54, 1.807) is 18.9 Å². The lowest BCUT2D eigenvalue weighted by Crippen LogP contribution is -2.71. The second-order valence-electron chi connectivity index (χ2n) is 10.8. The highest BCUT2D eigenvalue weighted by atomic mass is 19.4. The van der Waals surface area contributed by atoms with Crippen LogP contribution in [0.25, 0.3) is 0 Å². The molecule has 1 aromatic carbocycles. The zero-order chi connectivity index (χ0) is 30.2. The largest absolute Gasteiger partial charge is 0.421 e. The number of amidine groups is 1. The molecule has 228 valence electrons. The average molecular weight is 580 g/mol. The minimum Gasteiger partial charge on any atom is -0.404 e. The maximum absolute atomic E-state index is 13.8. The Bertz CT molecular complexity index is 1120. The fraction of sp³-hybridized carbons (Fsp3) is 0.586. The third-order valence-corrected chi connectivity index (χ3v) is 7.46. The Morgan fingerprint density at radius 1 is 1.24 bits per heavy atom. The number of aryl methyl sites for hydroxylation is 1. The number of nitrogens with one attached hydrogen (secondary N) is 2. The molecule has 0 unspecified atom stereocenters. The van der Waals surface area contributed by atoms with E-state index in [1.165, 1.54) is 0 Å². The molecular formula is C29H44F3N7O2. The Kier molecular flexibility index (Phi) is 11.1. The summed E-state index contributed by atoms with van der Waals surface area (Å²) in [6, 6.07) is 6.07. The van der Waals surface area contributed by atoms with Gasteiger partial charge in [0.05, 0.1) is 6.61 Å². The third-order valence-electron chi connectivity index (χ3n) is 7.46. The summed E-state index contributed by atoms with van der Waals surface area (Å²) in [6.07, 6.45) is -2.79. The summed E-state index contributed by atoms with van der Waals surface area (Å²) in [7, 11) is 3.68. The second kappa shape index (κ2) is 14.1. The number of halogens is 3. The number of hydrogen-bond acceptors (Lipinski definition) is 7. The summed E-state index contributed by atoms with van der Waals surface area (Å²) >= 11 is 0. The van der Waals surface area contributed by atoms with Gasteiger partial charge in [0.25, 0.3) is 0 Å². The minimum absolute atomic E-state index is 0.0472. The monoisotopic (exact) mass is 579 g/mol. The number of anilines is 2. The van der Waals surface area contributed by atoms with Gasteiger partial charge in [-0.05, 0) is 43.7 Å². The van der Waals surface area contributed by atoms with Gasteiger partial charge in [0.1, 0.15) is 17.2 Å². The van der Waals surface area contributed by atoms with Crippen LogP contribution in [0.2, 0.25) is 0 Å². The van der Waals surface area contributed by atoms with Crippen molar-refractivity contribution in [3.05, 3.63) is 47.9 Å². The van der Waals surface area contributed by atoms with Crippen LogP contribution >= 0.6 is 0 Å². The van der Waals surface area contributed by atoms with Gasteiger partial charge in [-0.1, -0.05) is 20.4 Å². The molecule has 0 atom stereocenters. The molecule has 2 aliphatic heterocycles. The van der Waals surface area contributed by atoms with E-state index >= 15 is 0 Å². The summed E-state index contributed by atoms with van der Waals surface area (Å²) in [4.78, 5) is 22.6. The van der Waals surface area contributed by atoms with Gasteiger partial charge in [-0.3, -0.25) is 9.79 Å². The minimum atomic E-state index is -4.72. The predicted molar refractivity (Wildman–Crippen MR) is 158 cm³/mol. The van der Waals surface area contributed by atoms with Crippen LogP contribution in [0.4, 0.5) is 24.5 Å². The van der Waals surface area contributed by atoms with E-state index in [2.05, 4.69) is 45.1 Å². The molecule has 0 bridgehead atoms. The highest BCUT2D eigenvalue weighted by Gasteiger charge is 2.50. The molecule has 2 heterocycles. The van der Waals surface area contributed by atoms with Gasteiger partial charge in [-0.25, -0.2) is 0 Å². The number of methoxy groups -OCH3 is 1. The van der Waals surface area contributed by atoms with Crippen molar-refractivity contribution < 1.29 is 22.7 Å². The Morgan fingerprint density at radius 3 is 2.51 bits per heavy atom. The van der Waals surface area contributed by atoms with Crippen LogP contribution in [-0.2, 0) is 16.0 Å². The van der Waals surface area contributed by atoms with Gasteiger partial charge in [0, 0.05) is 82.3 Å².